The quantitative estimate of drug-likeness (QED) is 0.554. The Kier molecular flexibility index (Phi) is 7.33. The van der Waals surface area contributed by atoms with Crippen LogP contribution in [-0.4, -0.2) is 66.3 Å². The Balaban J connectivity index is 1.28. The molecule has 1 aromatic heterocycles. The first kappa shape index (κ1) is 23.7. The molecule has 1 aliphatic heterocycles. The van der Waals surface area contributed by atoms with Crippen LogP contribution in [0.2, 0.25) is 5.02 Å². The lowest BCUT2D eigenvalue weighted by Crippen LogP contribution is -2.53. The Morgan fingerprint density at radius 1 is 1.12 bits per heavy atom. The Labute approximate surface area is 202 Å². The molecule has 10 heteroatoms. The maximum atomic E-state index is 12.9. The number of carbonyl (C=O) groups is 3. The number of thiophene rings is 1. The summed E-state index contributed by atoms with van der Waals surface area (Å²) < 4.78 is 0. The van der Waals surface area contributed by atoms with Gasteiger partial charge in [0.2, 0.25) is 11.8 Å². The molecule has 2 aliphatic rings. The molecule has 33 heavy (non-hydrogen) atoms. The third-order valence-corrected chi connectivity index (χ3v) is 7.79. The average molecular weight is 490 g/mol. The number of nitrogens with one attached hydrogen (secondary N) is 2. The zero-order valence-electron chi connectivity index (χ0n) is 18.5. The van der Waals surface area contributed by atoms with Gasteiger partial charge in [-0.05, 0) is 43.9 Å². The molecule has 1 atom stereocenters. The van der Waals surface area contributed by atoms with Gasteiger partial charge < -0.3 is 16.4 Å². The van der Waals surface area contributed by atoms with E-state index in [1.54, 1.807) is 12.1 Å². The lowest BCUT2D eigenvalue weighted by molar-refractivity contribution is -0.122. The molecule has 1 aromatic carbocycles. The van der Waals surface area contributed by atoms with E-state index in [-0.39, 0.29) is 24.4 Å². The van der Waals surface area contributed by atoms with Gasteiger partial charge in [0.25, 0.3) is 5.91 Å². The second-order valence-corrected chi connectivity index (χ2v) is 9.94. The molecule has 0 unspecified atom stereocenters. The van der Waals surface area contributed by atoms with Crippen LogP contribution in [0.4, 0.5) is 10.7 Å². The number of para-hydroxylation sites is 1. The second-order valence-electron chi connectivity index (χ2n) is 8.43. The Morgan fingerprint density at radius 2 is 1.85 bits per heavy atom. The summed E-state index contributed by atoms with van der Waals surface area (Å²) in [5.41, 5.74) is 7.67. The Hall–Kier alpha value is -2.46. The molecule has 0 spiro atoms. The predicted molar refractivity (Wildman–Crippen MR) is 131 cm³/mol. The van der Waals surface area contributed by atoms with Crippen molar-refractivity contribution >= 4 is 51.3 Å². The van der Waals surface area contributed by atoms with Crippen molar-refractivity contribution in [1.29, 1.82) is 0 Å². The highest BCUT2D eigenvalue weighted by molar-refractivity contribution is 7.17. The van der Waals surface area contributed by atoms with Crippen LogP contribution in [0.1, 0.15) is 34.1 Å². The fourth-order valence-corrected chi connectivity index (χ4v) is 5.88. The summed E-state index contributed by atoms with van der Waals surface area (Å²) in [6.07, 6.45) is 2.78. The van der Waals surface area contributed by atoms with Gasteiger partial charge >= 0.3 is 0 Å². The first-order valence-corrected chi connectivity index (χ1v) is 12.3. The van der Waals surface area contributed by atoms with Crippen LogP contribution in [0.5, 0.6) is 0 Å². The van der Waals surface area contributed by atoms with Crippen LogP contribution >= 0.6 is 22.9 Å². The minimum absolute atomic E-state index is 0.118. The number of amides is 3. The summed E-state index contributed by atoms with van der Waals surface area (Å²) in [6, 6.07) is 6.78. The molecule has 2 heterocycles. The van der Waals surface area contributed by atoms with E-state index in [2.05, 4.69) is 20.4 Å². The Bertz CT molecular complexity index is 1060. The first-order chi connectivity index (χ1) is 15.8. The lowest BCUT2D eigenvalue weighted by atomic mass is 10.1. The standard InChI is InChI=1S/C23H28ClN5O3S/c1-14(22(32)27-23-20(21(25)31)15-5-4-8-18(15)33-23)29-11-9-28(10-12-29)13-19(30)26-17-7-3-2-6-16(17)24/h2-3,6-7,14H,4-5,8-13H2,1H3,(H2,25,31)(H,26,30)(H,27,32)/t14-/m1/s1. The number of primary amides is 1. The van der Waals surface area contributed by atoms with Gasteiger partial charge in [0.15, 0.2) is 0 Å². The monoisotopic (exact) mass is 489 g/mol. The summed E-state index contributed by atoms with van der Waals surface area (Å²) in [6.45, 7) is 4.80. The number of rotatable bonds is 7. The molecule has 4 rings (SSSR count). The van der Waals surface area contributed by atoms with Crippen molar-refractivity contribution in [2.45, 2.75) is 32.2 Å². The minimum atomic E-state index is -0.485. The van der Waals surface area contributed by atoms with E-state index >= 15 is 0 Å². The SMILES string of the molecule is C[C@H](C(=O)Nc1sc2c(c1C(N)=O)CCC2)N1CCN(CC(=O)Nc2ccccc2Cl)CC1. The zero-order valence-corrected chi connectivity index (χ0v) is 20.1. The van der Waals surface area contributed by atoms with Crippen molar-refractivity contribution in [3.8, 4) is 0 Å². The zero-order chi connectivity index (χ0) is 23.5. The number of hydrogen-bond donors (Lipinski definition) is 3. The molecule has 0 saturated carbocycles. The van der Waals surface area contributed by atoms with Gasteiger partial charge in [-0.25, -0.2) is 0 Å². The van der Waals surface area contributed by atoms with E-state index in [1.165, 1.54) is 11.3 Å². The molecule has 1 saturated heterocycles. The molecule has 1 aliphatic carbocycles. The molecule has 2 aromatic rings. The topological polar surface area (TPSA) is 108 Å². The normalized spacial score (nSPS) is 17.4. The van der Waals surface area contributed by atoms with Crippen molar-refractivity contribution in [1.82, 2.24) is 9.80 Å². The van der Waals surface area contributed by atoms with Crippen LogP contribution in [-0.2, 0) is 22.4 Å². The van der Waals surface area contributed by atoms with E-state index in [9.17, 15) is 14.4 Å². The minimum Gasteiger partial charge on any atom is -0.365 e. The second kappa shape index (κ2) is 10.2. The number of carbonyl (C=O) groups excluding carboxylic acids is 3. The number of nitrogens with two attached hydrogens (primary N) is 1. The molecule has 8 nitrogen and oxygen atoms in total. The number of fused-ring (bicyclic) bond motifs is 1. The van der Waals surface area contributed by atoms with Crippen molar-refractivity contribution in [2.24, 2.45) is 5.73 Å². The van der Waals surface area contributed by atoms with Gasteiger partial charge in [0, 0.05) is 31.1 Å². The number of hydrogen-bond acceptors (Lipinski definition) is 6. The van der Waals surface area contributed by atoms with Gasteiger partial charge in [0.1, 0.15) is 5.00 Å². The van der Waals surface area contributed by atoms with E-state index < -0.39 is 5.91 Å². The predicted octanol–water partition coefficient (Wildman–Crippen LogP) is 2.57. The van der Waals surface area contributed by atoms with Gasteiger partial charge in [0.05, 0.1) is 28.9 Å². The summed E-state index contributed by atoms with van der Waals surface area (Å²) in [7, 11) is 0. The number of nitrogens with zero attached hydrogens (tertiary/aromatic N) is 2. The van der Waals surface area contributed by atoms with E-state index in [0.717, 1.165) is 29.7 Å². The third kappa shape index (κ3) is 5.38. The smallest absolute Gasteiger partial charge is 0.251 e. The first-order valence-electron chi connectivity index (χ1n) is 11.1. The van der Waals surface area contributed by atoms with Crippen LogP contribution < -0.4 is 16.4 Å². The number of halogens is 1. The van der Waals surface area contributed by atoms with Crippen LogP contribution in [0.15, 0.2) is 24.3 Å². The van der Waals surface area contributed by atoms with Crippen molar-refractivity contribution in [3.63, 3.8) is 0 Å². The number of aryl methyl sites for hydroxylation is 1. The van der Waals surface area contributed by atoms with Crippen molar-refractivity contribution in [3.05, 3.63) is 45.3 Å². The largest absolute Gasteiger partial charge is 0.365 e. The highest BCUT2D eigenvalue weighted by Gasteiger charge is 2.30. The van der Waals surface area contributed by atoms with Gasteiger partial charge in [-0.1, -0.05) is 23.7 Å². The average Bonchev–Trinajstić information content (AvgIpc) is 3.36. The third-order valence-electron chi connectivity index (χ3n) is 6.25. The lowest BCUT2D eigenvalue weighted by Gasteiger charge is -2.37. The fraction of sp³-hybridized carbons (Fsp3) is 0.435. The molecule has 4 N–H and O–H groups in total. The maximum absolute atomic E-state index is 12.9. The maximum Gasteiger partial charge on any atom is 0.251 e. The Morgan fingerprint density at radius 3 is 2.55 bits per heavy atom. The van der Waals surface area contributed by atoms with Crippen molar-refractivity contribution in [2.75, 3.05) is 43.4 Å². The van der Waals surface area contributed by atoms with Crippen molar-refractivity contribution < 1.29 is 14.4 Å². The molecule has 0 bridgehead atoms. The molecule has 0 radical (unpaired) electrons. The molecule has 176 valence electrons. The number of piperazine rings is 1. The van der Waals surface area contributed by atoms with E-state index in [1.807, 2.05) is 19.1 Å². The molecule has 3 amide bonds. The van der Waals surface area contributed by atoms with Crippen LogP contribution in [0, 0.1) is 0 Å². The summed E-state index contributed by atoms with van der Waals surface area (Å²) >= 11 is 7.57. The van der Waals surface area contributed by atoms with E-state index in [0.29, 0.717) is 47.5 Å². The highest BCUT2D eigenvalue weighted by atomic mass is 35.5. The fourth-order valence-electron chi connectivity index (χ4n) is 4.40. The molecule has 1 fully saturated rings. The van der Waals surface area contributed by atoms with Crippen LogP contribution in [0.3, 0.4) is 0 Å². The summed E-state index contributed by atoms with van der Waals surface area (Å²) in [5.74, 6) is -0.754. The number of anilines is 2. The van der Waals surface area contributed by atoms with Gasteiger partial charge in [-0.15, -0.1) is 11.3 Å². The van der Waals surface area contributed by atoms with Gasteiger partial charge in [-0.3, -0.25) is 24.2 Å². The summed E-state index contributed by atoms with van der Waals surface area (Å²) in [4.78, 5) is 42.6. The molecular formula is C23H28ClN5O3S. The van der Waals surface area contributed by atoms with Crippen LogP contribution in [0.25, 0.3) is 0 Å². The number of benzene rings is 1. The molecular weight excluding hydrogens is 462 g/mol. The summed E-state index contributed by atoms with van der Waals surface area (Å²) in [5, 5.41) is 6.86. The van der Waals surface area contributed by atoms with Gasteiger partial charge in [-0.2, -0.15) is 0 Å². The van der Waals surface area contributed by atoms with E-state index in [4.69, 9.17) is 17.3 Å². The highest BCUT2D eigenvalue weighted by Crippen LogP contribution is 2.39.